The van der Waals surface area contributed by atoms with Gasteiger partial charge in [0.25, 0.3) is 6.33 Å². The van der Waals surface area contributed by atoms with Gasteiger partial charge < -0.3 is 13.9 Å². The van der Waals surface area contributed by atoms with Crippen molar-refractivity contribution in [3.8, 4) is 28.7 Å². The van der Waals surface area contributed by atoms with Gasteiger partial charge >= 0.3 is 0 Å². The third-order valence-corrected chi connectivity index (χ3v) is 13.7. The number of para-hydroxylation sites is 1. The molecule has 0 atom stereocenters. The third kappa shape index (κ3) is 9.15. The molecule has 0 aliphatic heterocycles. The first-order valence-corrected chi connectivity index (χ1v) is 23.6. The summed E-state index contributed by atoms with van der Waals surface area (Å²) in [4.78, 5) is 5.02. The van der Waals surface area contributed by atoms with Crippen molar-refractivity contribution in [2.24, 2.45) is 0 Å². The molecule has 6 heteroatoms. The molecule has 5 nitrogen and oxygen atoms in total. The molecule has 9 aromatic rings. The summed E-state index contributed by atoms with van der Waals surface area (Å²) in [6.07, 6.45) is 7.87. The van der Waals surface area contributed by atoms with Gasteiger partial charge in [0.05, 0.1) is 11.4 Å². The molecule has 68 heavy (non-hydrogen) atoms. The second-order valence-electron chi connectivity index (χ2n) is 22.3. The van der Waals surface area contributed by atoms with Gasteiger partial charge in [0.1, 0.15) is 5.82 Å². The predicted octanol–water partition coefficient (Wildman–Crippen LogP) is 15.0. The average Bonchev–Trinajstić information content (AvgIpc) is 3.90. The van der Waals surface area contributed by atoms with Crippen LogP contribution in [-0.2, 0) is 48.1 Å². The number of benzene rings is 6. The summed E-state index contributed by atoms with van der Waals surface area (Å²) in [6.45, 7) is 29.4. The van der Waals surface area contributed by atoms with E-state index in [1.165, 1.54) is 22.3 Å². The van der Waals surface area contributed by atoms with E-state index in [9.17, 15) is 0 Å². The number of hydrogen-bond acceptors (Lipinski definition) is 2. The molecule has 0 bridgehead atoms. The smallest absolute Gasteiger partial charge is 0.267 e. The molecule has 0 amide bonds. The molecule has 0 fully saturated rings. The number of hydrogen-bond donors (Lipinski definition) is 0. The average molecular weight is 1080 g/mol. The zero-order valence-corrected chi connectivity index (χ0v) is 44.2. The predicted molar refractivity (Wildman–Crippen MR) is 276 cm³/mol. The molecule has 0 unspecified atom stereocenters. The molecular weight excluding hydrogens is 1010 g/mol. The molecule has 3 heterocycles. The van der Waals surface area contributed by atoms with Crippen LogP contribution in [-0.4, -0.2) is 14.1 Å². The van der Waals surface area contributed by atoms with Crippen molar-refractivity contribution in [2.45, 2.75) is 117 Å². The number of nitrogens with zero attached hydrogens (tertiary/aromatic N) is 4. The first kappa shape index (κ1) is 48.4. The zero-order chi connectivity index (χ0) is 47.7. The van der Waals surface area contributed by atoms with Crippen LogP contribution in [0.25, 0.3) is 39.0 Å². The minimum atomic E-state index is -0.420. The number of rotatable bonds is 9. The van der Waals surface area contributed by atoms with Crippen LogP contribution in [0.3, 0.4) is 0 Å². The minimum absolute atomic E-state index is 0. The van der Waals surface area contributed by atoms with E-state index in [0.29, 0.717) is 11.5 Å². The monoisotopic (exact) mass is 1080 g/mol. The Morgan fingerprint density at radius 3 is 1.74 bits per heavy atom. The Morgan fingerprint density at radius 1 is 0.529 bits per heavy atom. The van der Waals surface area contributed by atoms with Gasteiger partial charge in [-0.3, -0.25) is 4.57 Å². The quantitative estimate of drug-likeness (QED) is 0.107. The molecule has 9 rings (SSSR count). The summed E-state index contributed by atoms with van der Waals surface area (Å²) in [5.41, 5.74) is 11.1. The van der Waals surface area contributed by atoms with E-state index in [1.54, 1.807) is 0 Å². The first-order valence-electron chi connectivity index (χ1n) is 23.6. The van der Waals surface area contributed by atoms with Gasteiger partial charge in [0, 0.05) is 50.5 Å². The van der Waals surface area contributed by atoms with Gasteiger partial charge in [-0.15, -0.1) is 35.4 Å². The molecule has 6 aromatic carbocycles. The fourth-order valence-corrected chi connectivity index (χ4v) is 9.33. The second-order valence-corrected chi connectivity index (χ2v) is 22.3. The van der Waals surface area contributed by atoms with Crippen LogP contribution < -0.4 is 9.30 Å². The van der Waals surface area contributed by atoms with Crippen molar-refractivity contribution in [1.82, 2.24) is 14.1 Å². The van der Waals surface area contributed by atoms with Crippen LogP contribution in [0.1, 0.15) is 129 Å². The van der Waals surface area contributed by atoms with Gasteiger partial charge in [0.2, 0.25) is 0 Å². The number of imidazole rings is 1. The molecule has 0 N–H and O–H groups in total. The standard InChI is InChI=1S/C62H64N4O.Pt/c1-58(2,3)42-28-30-47(31-29-42)65-41-64(40-55(65)60(7,8)9)48-34-46(61(10,11)43-22-16-14-17-23-43)35-49(37-48)67-50-38-52(62(12,13)44-24-18-15-19-25-44)57-51-26-20-21-27-53(51)66(54(57)39-50)56-36-45(32-33-63-56)59(4,5)6;/h14-36,38,40H,1-13H3;/q-2;. The number of aromatic nitrogens is 4. The number of pyridine rings is 1. The molecule has 0 spiro atoms. The van der Waals surface area contributed by atoms with E-state index in [-0.39, 0.29) is 42.7 Å². The number of ether oxygens (including phenoxy) is 1. The van der Waals surface area contributed by atoms with Crippen LogP contribution in [0.2, 0.25) is 0 Å². The van der Waals surface area contributed by atoms with Gasteiger partial charge in [-0.2, -0.15) is 6.07 Å². The Labute approximate surface area is 419 Å². The fourth-order valence-electron chi connectivity index (χ4n) is 9.33. The van der Waals surface area contributed by atoms with Crippen molar-refractivity contribution >= 4 is 21.8 Å². The molecule has 0 radical (unpaired) electrons. The van der Waals surface area contributed by atoms with Gasteiger partial charge in [-0.25, -0.2) is 4.98 Å². The molecule has 350 valence electrons. The SMILES string of the molecule is CC(C)(C)c1ccc(-[n+]2[c-]n(-c3[c-]c(Oc4[c-]c5c(c(C(C)(C)c6ccccc6)c4)c4ccccc4n5-c4cc(C(C)(C)C)ccn4)cc(C(C)(C)c4ccccc4)c3)cc2C(C)(C)C)cc1.[Pt]. The summed E-state index contributed by atoms with van der Waals surface area (Å²) >= 11 is 0. The van der Waals surface area contributed by atoms with Crippen molar-refractivity contribution in [1.29, 1.82) is 0 Å². The van der Waals surface area contributed by atoms with E-state index < -0.39 is 5.41 Å². The van der Waals surface area contributed by atoms with E-state index in [1.807, 2.05) is 6.20 Å². The number of fused-ring (bicyclic) bond motifs is 3. The Hall–Kier alpha value is -6.03. The zero-order valence-electron chi connectivity index (χ0n) is 41.9. The summed E-state index contributed by atoms with van der Waals surface area (Å²) in [5.74, 6) is 2.03. The van der Waals surface area contributed by atoms with Crippen LogP contribution in [0.15, 0.2) is 152 Å². The topological polar surface area (TPSA) is 35.9 Å². The summed E-state index contributed by atoms with van der Waals surface area (Å²) in [5, 5.41) is 2.27. The van der Waals surface area contributed by atoms with Crippen LogP contribution in [0, 0.1) is 18.5 Å². The summed E-state index contributed by atoms with van der Waals surface area (Å²) < 4.78 is 13.7. The third-order valence-electron chi connectivity index (χ3n) is 13.7. The maximum Gasteiger partial charge on any atom is 0.267 e. The normalized spacial score (nSPS) is 12.7. The van der Waals surface area contributed by atoms with Gasteiger partial charge in [0.15, 0.2) is 0 Å². The van der Waals surface area contributed by atoms with Crippen molar-refractivity contribution in [3.05, 3.63) is 209 Å². The second kappa shape index (κ2) is 17.8. The fraction of sp³-hybridized carbons (Fsp3) is 0.290. The van der Waals surface area contributed by atoms with Crippen molar-refractivity contribution in [3.63, 3.8) is 0 Å². The van der Waals surface area contributed by atoms with Crippen LogP contribution >= 0.6 is 0 Å². The van der Waals surface area contributed by atoms with E-state index in [4.69, 9.17) is 9.72 Å². The Morgan fingerprint density at radius 2 is 1.12 bits per heavy atom. The van der Waals surface area contributed by atoms with E-state index >= 15 is 0 Å². The summed E-state index contributed by atoms with van der Waals surface area (Å²) in [7, 11) is 0. The molecule has 0 aliphatic carbocycles. The van der Waals surface area contributed by atoms with E-state index in [0.717, 1.165) is 55.8 Å². The maximum absolute atomic E-state index is 7.21. The Bertz CT molecular complexity index is 3240. The maximum atomic E-state index is 7.21. The Balaban J connectivity index is 0.00000625. The largest absolute Gasteiger partial charge is 0.510 e. The van der Waals surface area contributed by atoms with Crippen LogP contribution in [0.5, 0.6) is 11.5 Å². The van der Waals surface area contributed by atoms with E-state index in [2.05, 4.69) is 268 Å². The first-order chi connectivity index (χ1) is 31.6. The Kier molecular flexibility index (Phi) is 12.7. The van der Waals surface area contributed by atoms with Gasteiger partial charge in [-0.05, 0) is 90.7 Å². The van der Waals surface area contributed by atoms with Crippen molar-refractivity contribution < 1.29 is 30.4 Å². The molecular formula is C62H64N4OPt-2. The van der Waals surface area contributed by atoms with Crippen LogP contribution in [0.4, 0.5) is 0 Å². The van der Waals surface area contributed by atoms with Gasteiger partial charge in [-0.1, -0.05) is 192 Å². The molecule has 0 saturated heterocycles. The molecule has 3 aromatic heterocycles. The molecule has 0 saturated carbocycles. The summed E-state index contributed by atoms with van der Waals surface area (Å²) in [6, 6.07) is 57.5. The molecule has 0 aliphatic rings. The minimum Gasteiger partial charge on any atom is -0.510 e. The van der Waals surface area contributed by atoms with Crippen molar-refractivity contribution in [2.75, 3.05) is 0 Å².